The highest BCUT2D eigenvalue weighted by atomic mass is 79.9. The summed E-state index contributed by atoms with van der Waals surface area (Å²) in [4.78, 5) is 9.26. The normalized spacial score (nSPS) is 11.5. The summed E-state index contributed by atoms with van der Waals surface area (Å²) in [6, 6.07) is 10.4. The summed E-state index contributed by atoms with van der Waals surface area (Å²) < 4.78 is 3.16. The molecule has 0 aliphatic heterocycles. The molecule has 0 fully saturated rings. The molecule has 5 heteroatoms. The summed E-state index contributed by atoms with van der Waals surface area (Å²) >= 11 is 3.57. The molecule has 0 unspecified atom stereocenters. The molecular formula is C16H17BrN4. The SMILES string of the molecule is CC(C)n1c(-c2ncccc2Br)nc2cc(CN)ccc21. The molecule has 2 aromatic heterocycles. The Morgan fingerprint density at radius 3 is 2.76 bits per heavy atom. The van der Waals surface area contributed by atoms with Crippen LogP contribution in [-0.2, 0) is 6.54 Å². The summed E-state index contributed by atoms with van der Waals surface area (Å²) in [7, 11) is 0. The zero-order chi connectivity index (χ0) is 15.0. The van der Waals surface area contributed by atoms with Gasteiger partial charge in [-0.2, -0.15) is 0 Å². The number of pyridine rings is 1. The van der Waals surface area contributed by atoms with E-state index in [1.165, 1.54) is 0 Å². The van der Waals surface area contributed by atoms with Crippen LogP contribution in [0.4, 0.5) is 0 Å². The number of aromatic nitrogens is 3. The first-order chi connectivity index (χ1) is 10.1. The Kier molecular flexibility index (Phi) is 3.78. The number of imidazole rings is 1. The van der Waals surface area contributed by atoms with Crippen molar-refractivity contribution in [3.8, 4) is 11.5 Å². The molecular weight excluding hydrogens is 328 g/mol. The van der Waals surface area contributed by atoms with Crippen molar-refractivity contribution in [2.45, 2.75) is 26.4 Å². The Bertz CT molecular complexity index is 792. The number of hydrogen-bond acceptors (Lipinski definition) is 3. The monoisotopic (exact) mass is 344 g/mol. The van der Waals surface area contributed by atoms with E-state index in [0.29, 0.717) is 12.6 Å². The largest absolute Gasteiger partial charge is 0.326 e. The second-order valence-corrected chi connectivity index (χ2v) is 6.11. The van der Waals surface area contributed by atoms with Crippen molar-refractivity contribution in [1.82, 2.24) is 14.5 Å². The molecule has 0 bridgehead atoms. The van der Waals surface area contributed by atoms with E-state index < -0.39 is 0 Å². The lowest BCUT2D eigenvalue weighted by Gasteiger charge is -2.13. The predicted molar refractivity (Wildman–Crippen MR) is 88.9 cm³/mol. The van der Waals surface area contributed by atoms with Crippen LogP contribution in [0.2, 0.25) is 0 Å². The van der Waals surface area contributed by atoms with Gasteiger partial charge in [0.25, 0.3) is 0 Å². The number of nitrogens with zero attached hydrogens (tertiary/aromatic N) is 3. The van der Waals surface area contributed by atoms with Gasteiger partial charge in [-0.05, 0) is 59.6 Å². The molecule has 0 saturated carbocycles. The maximum absolute atomic E-state index is 5.73. The van der Waals surface area contributed by atoms with Crippen molar-refractivity contribution in [3.63, 3.8) is 0 Å². The number of nitrogens with two attached hydrogens (primary N) is 1. The van der Waals surface area contributed by atoms with E-state index in [9.17, 15) is 0 Å². The van der Waals surface area contributed by atoms with Gasteiger partial charge in [0.2, 0.25) is 0 Å². The first-order valence-electron chi connectivity index (χ1n) is 6.93. The van der Waals surface area contributed by atoms with Gasteiger partial charge in [0.05, 0.1) is 11.0 Å². The lowest BCUT2D eigenvalue weighted by molar-refractivity contribution is 0.623. The second-order valence-electron chi connectivity index (χ2n) is 5.26. The minimum Gasteiger partial charge on any atom is -0.326 e. The lowest BCUT2D eigenvalue weighted by atomic mass is 10.2. The van der Waals surface area contributed by atoms with E-state index in [0.717, 1.165) is 32.6 Å². The van der Waals surface area contributed by atoms with E-state index >= 15 is 0 Å². The van der Waals surface area contributed by atoms with Crippen molar-refractivity contribution < 1.29 is 0 Å². The molecule has 0 spiro atoms. The third-order valence-corrected chi connectivity index (χ3v) is 4.12. The van der Waals surface area contributed by atoms with Crippen molar-refractivity contribution in [1.29, 1.82) is 0 Å². The Hall–Kier alpha value is -1.72. The Morgan fingerprint density at radius 2 is 2.10 bits per heavy atom. The fourth-order valence-corrected chi connectivity index (χ4v) is 2.94. The summed E-state index contributed by atoms with van der Waals surface area (Å²) in [6.07, 6.45) is 1.79. The molecule has 3 rings (SSSR count). The third kappa shape index (κ3) is 2.47. The van der Waals surface area contributed by atoms with Crippen LogP contribution in [-0.4, -0.2) is 14.5 Å². The van der Waals surface area contributed by atoms with Crippen LogP contribution in [0.1, 0.15) is 25.5 Å². The van der Waals surface area contributed by atoms with Gasteiger partial charge < -0.3 is 10.3 Å². The van der Waals surface area contributed by atoms with Gasteiger partial charge in [-0.3, -0.25) is 4.98 Å². The summed E-state index contributed by atoms with van der Waals surface area (Å²) in [5.74, 6) is 0.877. The Morgan fingerprint density at radius 1 is 1.29 bits per heavy atom. The van der Waals surface area contributed by atoms with Crippen LogP contribution in [0.5, 0.6) is 0 Å². The van der Waals surface area contributed by atoms with E-state index in [2.05, 4.69) is 57.5 Å². The fourth-order valence-electron chi connectivity index (χ4n) is 2.51. The van der Waals surface area contributed by atoms with Crippen LogP contribution >= 0.6 is 15.9 Å². The van der Waals surface area contributed by atoms with Crippen LogP contribution in [0, 0.1) is 0 Å². The highest BCUT2D eigenvalue weighted by molar-refractivity contribution is 9.10. The fraction of sp³-hybridized carbons (Fsp3) is 0.250. The summed E-state index contributed by atoms with van der Waals surface area (Å²) in [5.41, 5.74) is 9.73. The topological polar surface area (TPSA) is 56.7 Å². The molecule has 2 heterocycles. The average Bonchev–Trinajstić information content (AvgIpc) is 2.85. The first kappa shape index (κ1) is 14.2. The van der Waals surface area contributed by atoms with Gasteiger partial charge >= 0.3 is 0 Å². The van der Waals surface area contributed by atoms with Crippen LogP contribution in [0.25, 0.3) is 22.6 Å². The number of rotatable bonds is 3. The van der Waals surface area contributed by atoms with Gasteiger partial charge in [-0.1, -0.05) is 6.07 Å². The summed E-state index contributed by atoms with van der Waals surface area (Å²) in [6.45, 7) is 4.82. The van der Waals surface area contributed by atoms with Crippen LogP contribution in [0.15, 0.2) is 41.0 Å². The number of hydrogen-bond donors (Lipinski definition) is 1. The van der Waals surface area contributed by atoms with Gasteiger partial charge in [-0.25, -0.2) is 4.98 Å². The smallest absolute Gasteiger partial charge is 0.161 e. The van der Waals surface area contributed by atoms with Crippen molar-refractivity contribution in [2.75, 3.05) is 0 Å². The lowest BCUT2D eigenvalue weighted by Crippen LogP contribution is -2.04. The standard InChI is InChI=1S/C16H17BrN4/c1-10(2)21-14-6-5-11(9-18)8-13(14)20-16(21)15-12(17)4-3-7-19-15/h3-8,10H,9,18H2,1-2H3. The maximum atomic E-state index is 5.73. The molecule has 108 valence electrons. The molecule has 21 heavy (non-hydrogen) atoms. The highest BCUT2D eigenvalue weighted by Crippen LogP contribution is 2.31. The van der Waals surface area contributed by atoms with Gasteiger partial charge in [0.15, 0.2) is 5.82 Å². The Balaban J connectivity index is 2.31. The van der Waals surface area contributed by atoms with E-state index in [-0.39, 0.29) is 0 Å². The minimum atomic E-state index is 0.294. The zero-order valence-corrected chi connectivity index (χ0v) is 13.6. The molecule has 0 radical (unpaired) electrons. The molecule has 1 aromatic carbocycles. The average molecular weight is 345 g/mol. The molecule has 0 amide bonds. The van der Waals surface area contributed by atoms with Crippen LogP contribution in [0.3, 0.4) is 0 Å². The van der Waals surface area contributed by atoms with E-state index in [1.54, 1.807) is 6.20 Å². The van der Waals surface area contributed by atoms with E-state index in [4.69, 9.17) is 10.7 Å². The molecule has 0 aliphatic rings. The number of fused-ring (bicyclic) bond motifs is 1. The van der Waals surface area contributed by atoms with Crippen molar-refractivity contribution in [2.24, 2.45) is 5.73 Å². The Labute approximate surface area is 132 Å². The second kappa shape index (κ2) is 5.58. The van der Waals surface area contributed by atoms with Crippen molar-refractivity contribution >= 4 is 27.0 Å². The molecule has 0 aliphatic carbocycles. The molecule has 0 atom stereocenters. The molecule has 2 N–H and O–H groups in total. The molecule has 4 nitrogen and oxygen atoms in total. The minimum absolute atomic E-state index is 0.294. The maximum Gasteiger partial charge on any atom is 0.161 e. The quantitative estimate of drug-likeness (QED) is 0.783. The van der Waals surface area contributed by atoms with Gasteiger partial charge in [0, 0.05) is 23.3 Å². The number of benzene rings is 1. The zero-order valence-electron chi connectivity index (χ0n) is 12.0. The first-order valence-corrected chi connectivity index (χ1v) is 7.73. The van der Waals surface area contributed by atoms with Crippen LogP contribution < -0.4 is 5.73 Å². The van der Waals surface area contributed by atoms with Crippen molar-refractivity contribution in [3.05, 3.63) is 46.6 Å². The molecule has 0 saturated heterocycles. The predicted octanol–water partition coefficient (Wildman–Crippen LogP) is 3.90. The van der Waals surface area contributed by atoms with Gasteiger partial charge in [-0.15, -0.1) is 0 Å². The third-order valence-electron chi connectivity index (χ3n) is 3.48. The number of halogens is 1. The van der Waals surface area contributed by atoms with Gasteiger partial charge in [0.1, 0.15) is 5.69 Å². The van der Waals surface area contributed by atoms with E-state index in [1.807, 2.05) is 12.1 Å². The highest BCUT2D eigenvalue weighted by Gasteiger charge is 2.17. The molecule has 3 aromatic rings. The summed E-state index contributed by atoms with van der Waals surface area (Å²) in [5, 5.41) is 0.